The van der Waals surface area contributed by atoms with Crippen LogP contribution in [0.1, 0.15) is 22.0 Å². The van der Waals surface area contributed by atoms with Crippen molar-refractivity contribution in [1.29, 1.82) is 0 Å². The van der Waals surface area contributed by atoms with Gasteiger partial charge in [0.1, 0.15) is 11.9 Å². The molecule has 2 unspecified atom stereocenters. The van der Waals surface area contributed by atoms with E-state index < -0.39 is 6.10 Å². The first-order valence-corrected chi connectivity index (χ1v) is 6.76. The molecule has 0 aromatic heterocycles. The van der Waals surface area contributed by atoms with Gasteiger partial charge in [0.05, 0.1) is 5.56 Å². The van der Waals surface area contributed by atoms with Crippen LogP contribution >= 0.6 is 0 Å². The molecule has 0 radical (unpaired) electrons. The lowest BCUT2D eigenvalue weighted by Crippen LogP contribution is -2.11. The number of methoxy groups -OCH3 is 1. The van der Waals surface area contributed by atoms with Crippen molar-refractivity contribution in [3.05, 3.63) is 65.7 Å². The number of carbonyl (C=O) groups is 1. The van der Waals surface area contributed by atoms with E-state index in [9.17, 15) is 4.79 Å². The molecule has 0 aliphatic carbocycles. The van der Waals surface area contributed by atoms with E-state index in [4.69, 9.17) is 14.2 Å². The first-order valence-electron chi connectivity index (χ1n) is 6.76. The van der Waals surface area contributed by atoms with Crippen LogP contribution in [0.25, 0.3) is 0 Å². The summed E-state index contributed by atoms with van der Waals surface area (Å²) >= 11 is 0. The summed E-state index contributed by atoms with van der Waals surface area (Å²) in [5.74, 6) is 0.460. The van der Waals surface area contributed by atoms with E-state index in [0.29, 0.717) is 11.3 Å². The average Bonchev–Trinajstić information content (AvgIpc) is 3.34. The highest BCUT2D eigenvalue weighted by molar-refractivity contribution is 6.03. The summed E-state index contributed by atoms with van der Waals surface area (Å²) in [6, 6.07) is 16.9. The molecule has 0 spiro atoms. The Morgan fingerprint density at radius 3 is 2.57 bits per heavy atom. The third-order valence-corrected chi connectivity index (χ3v) is 3.36. The highest BCUT2D eigenvalue weighted by Crippen LogP contribution is 2.41. The normalized spacial score (nSPS) is 20.0. The third kappa shape index (κ3) is 2.96. The van der Waals surface area contributed by atoms with E-state index >= 15 is 0 Å². The number of rotatable bonds is 6. The van der Waals surface area contributed by atoms with Gasteiger partial charge in [-0.05, 0) is 17.7 Å². The molecule has 1 heterocycles. The third-order valence-electron chi connectivity index (χ3n) is 3.36. The molecule has 1 fully saturated rings. The number of hydrogen-bond acceptors (Lipinski definition) is 4. The number of benzene rings is 2. The van der Waals surface area contributed by atoms with Crippen LogP contribution in [0.3, 0.4) is 0 Å². The fourth-order valence-corrected chi connectivity index (χ4v) is 2.28. The summed E-state index contributed by atoms with van der Waals surface area (Å²) in [5, 5.41) is 0. The maximum absolute atomic E-state index is 12.5. The molecule has 2 aromatic carbocycles. The molecule has 4 nitrogen and oxygen atoms in total. The van der Waals surface area contributed by atoms with Crippen molar-refractivity contribution in [2.24, 2.45) is 0 Å². The molecule has 0 saturated carbocycles. The molecule has 4 heteroatoms. The highest BCUT2D eigenvalue weighted by atomic mass is 16.7. The van der Waals surface area contributed by atoms with Gasteiger partial charge in [0.15, 0.2) is 18.7 Å². The van der Waals surface area contributed by atoms with Crippen molar-refractivity contribution in [1.82, 2.24) is 0 Å². The molecular formula is C17H16O4. The SMILES string of the molecule is COCOc1ccccc1C(=O)C1OC1c1ccccc1. The van der Waals surface area contributed by atoms with Crippen molar-refractivity contribution in [3.8, 4) is 5.75 Å². The number of Topliss-reactive ketones (excluding diaryl/α,β-unsaturated/α-hetero) is 1. The van der Waals surface area contributed by atoms with Crippen LogP contribution < -0.4 is 4.74 Å². The first-order chi connectivity index (χ1) is 10.3. The van der Waals surface area contributed by atoms with E-state index in [1.807, 2.05) is 42.5 Å². The zero-order valence-electron chi connectivity index (χ0n) is 11.7. The molecule has 3 rings (SSSR count). The summed E-state index contributed by atoms with van der Waals surface area (Å²) in [5.41, 5.74) is 1.55. The molecule has 1 aliphatic rings. The van der Waals surface area contributed by atoms with Crippen LogP contribution in [0.5, 0.6) is 5.75 Å². The topological polar surface area (TPSA) is 48.1 Å². The number of hydrogen-bond donors (Lipinski definition) is 0. The molecule has 2 atom stereocenters. The van der Waals surface area contributed by atoms with Crippen molar-refractivity contribution in [2.75, 3.05) is 13.9 Å². The lowest BCUT2D eigenvalue weighted by molar-refractivity contribution is 0.0501. The van der Waals surface area contributed by atoms with Crippen LogP contribution in [0.4, 0.5) is 0 Å². The van der Waals surface area contributed by atoms with Gasteiger partial charge in [-0.15, -0.1) is 0 Å². The van der Waals surface area contributed by atoms with Gasteiger partial charge in [-0.1, -0.05) is 42.5 Å². The first kappa shape index (κ1) is 13.8. The van der Waals surface area contributed by atoms with Crippen LogP contribution in [-0.4, -0.2) is 25.8 Å². The largest absolute Gasteiger partial charge is 0.467 e. The van der Waals surface area contributed by atoms with Gasteiger partial charge in [0.25, 0.3) is 0 Å². The molecule has 2 aromatic rings. The Labute approximate surface area is 123 Å². The Morgan fingerprint density at radius 2 is 1.81 bits per heavy atom. The summed E-state index contributed by atoms with van der Waals surface area (Å²) in [6.07, 6.45) is -0.589. The summed E-state index contributed by atoms with van der Waals surface area (Å²) in [6.45, 7) is 0.109. The van der Waals surface area contributed by atoms with Crippen molar-refractivity contribution >= 4 is 5.78 Å². The smallest absolute Gasteiger partial charge is 0.198 e. The van der Waals surface area contributed by atoms with Crippen LogP contribution in [0, 0.1) is 0 Å². The van der Waals surface area contributed by atoms with Crippen LogP contribution in [0.2, 0.25) is 0 Å². The predicted octanol–water partition coefficient (Wildman–Crippen LogP) is 2.99. The maximum Gasteiger partial charge on any atom is 0.198 e. The van der Waals surface area contributed by atoms with Gasteiger partial charge < -0.3 is 14.2 Å². The Kier molecular flexibility index (Phi) is 3.99. The maximum atomic E-state index is 12.5. The molecule has 108 valence electrons. The standard InChI is InChI=1S/C17H16O4/c1-19-11-20-14-10-6-5-9-13(14)15(18)17-16(21-17)12-7-3-2-4-8-12/h2-10,16-17H,11H2,1H3. The Balaban J connectivity index is 1.75. The van der Waals surface area contributed by atoms with Gasteiger partial charge in [-0.2, -0.15) is 0 Å². The van der Waals surface area contributed by atoms with Gasteiger partial charge >= 0.3 is 0 Å². The van der Waals surface area contributed by atoms with E-state index in [1.54, 1.807) is 19.2 Å². The molecule has 1 aliphatic heterocycles. The van der Waals surface area contributed by atoms with Gasteiger partial charge in [-0.25, -0.2) is 0 Å². The van der Waals surface area contributed by atoms with Gasteiger partial charge in [-0.3, -0.25) is 4.79 Å². The zero-order chi connectivity index (χ0) is 14.7. The quantitative estimate of drug-likeness (QED) is 0.465. The minimum Gasteiger partial charge on any atom is -0.467 e. The minimum atomic E-state index is -0.431. The van der Waals surface area contributed by atoms with Crippen LogP contribution in [0.15, 0.2) is 54.6 Å². The predicted molar refractivity (Wildman–Crippen MR) is 77.3 cm³/mol. The fourth-order valence-electron chi connectivity index (χ4n) is 2.28. The van der Waals surface area contributed by atoms with Crippen molar-refractivity contribution < 1.29 is 19.0 Å². The van der Waals surface area contributed by atoms with Crippen molar-refractivity contribution in [2.45, 2.75) is 12.2 Å². The highest BCUT2D eigenvalue weighted by Gasteiger charge is 2.46. The Bertz CT molecular complexity index is 624. The van der Waals surface area contributed by atoms with Gasteiger partial charge in [0, 0.05) is 7.11 Å². The summed E-state index contributed by atoms with van der Waals surface area (Å²) in [7, 11) is 1.54. The Hall–Kier alpha value is -2.17. The lowest BCUT2D eigenvalue weighted by atomic mass is 10.0. The Morgan fingerprint density at radius 1 is 1.10 bits per heavy atom. The summed E-state index contributed by atoms with van der Waals surface area (Å²) in [4.78, 5) is 12.5. The molecule has 0 bridgehead atoms. The second-order valence-corrected chi connectivity index (χ2v) is 4.80. The summed E-state index contributed by atoms with van der Waals surface area (Å²) < 4.78 is 15.9. The number of para-hydroxylation sites is 1. The number of carbonyl (C=O) groups excluding carboxylic acids is 1. The number of ether oxygens (including phenoxy) is 3. The minimum absolute atomic E-state index is 0.0597. The number of ketones is 1. The fraction of sp³-hybridized carbons (Fsp3) is 0.235. The average molecular weight is 284 g/mol. The van der Waals surface area contributed by atoms with E-state index in [0.717, 1.165) is 5.56 Å². The monoisotopic (exact) mass is 284 g/mol. The van der Waals surface area contributed by atoms with E-state index in [-0.39, 0.29) is 18.7 Å². The number of epoxide rings is 1. The molecular weight excluding hydrogens is 268 g/mol. The second-order valence-electron chi connectivity index (χ2n) is 4.80. The van der Waals surface area contributed by atoms with Crippen molar-refractivity contribution in [3.63, 3.8) is 0 Å². The second kappa shape index (κ2) is 6.08. The molecule has 1 saturated heterocycles. The van der Waals surface area contributed by atoms with E-state index in [2.05, 4.69) is 0 Å². The molecule has 0 N–H and O–H groups in total. The lowest BCUT2D eigenvalue weighted by Gasteiger charge is -2.08. The van der Waals surface area contributed by atoms with E-state index in [1.165, 1.54) is 0 Å². The zero-order valence-corrected chi connectivity index (χ0v) is 11.7. The van der Waals surface area contributed by atoms with Crippen LogP contribution in [-0.2, 0) is 9.47 Å². The molecule has 21 heavy (non-hydrogen) atoms. The molecule has 0 amide bonds. The van der Waals surface area contributed by atoms with Gasteiger partial charge in [0.2, 0.25) is 0 Å².